The van der Waals surface area contributed by atoms with Gasteiger partial charge in [0.15, 0.2) is 0 Å². The monoisotopic (exact) mass is 331 g/mol. The van der Waals surface area contributed by atoms with Crippen LogP contribution >= 0.6 is 11.6 Å². The molecule has 0 bridgehead atoms. The molecule has 1 aliphatic carbocycles. The lowest BCUT2D eigenvalue weighted by Crippen LogP contribution is -2.29. The minimum atomic E-state index is -0.0705. The van der Waals surface area contributed by atoms with E-state index in [0.29, 0.717) is 28.9 Å². The summed E-state index contributed by atoms with van der Waals surface area (Å²) in [6.07, 6.45) is 4.12. The molecule has 1 heterocycles. The molecule has 0 saturated heterocycles. The van der Waals surface area contributed by atoms with Crippen LogP contribution in [0.1, 0.15) is 12.8 Å². The highest BCUT2D eigenvalue weighted by Crippen LogP contribution is 2.27. The molecule has 1 fully saturated rings. The van der Waals surface area contributed by atoms with Crippen molar-refractivity contribution in [1.29, 1.82) is 0 Å². The van der Waals surface area contributed by atoms with Crippen LogP contribution in [0.25, 0.3) is 0 Å². The van der Waals surface area contributed by atoms with Crippen molar-refractivity contribution in [2.75, 3.05) is 18.4 Å². The van der Waals surface area contributed by atoms with E-state index in [4.69, 9.17) is 16.3 Å². The lowest BCUT2D eigenvalue weighted by molar-refractivity contribution is -0.115. The van der Waals surface area contributed by atoms with Gasteiger partial charge in [0, 0.05) is 11.1 Å². The van der Waals surface area contributed by atoms with Gasteiger partial charge in [-0.2, -0.15) is 0 Å². The number of hydrogen-bond acceptors (Lipinski definition) is 4. The largest absolute Gasteiger partial charge is 0.439 e. The van der Waals surface area contributed by atoms with E-state index in [2.05, 4.69) is 15.6 Å². The molecule has 3 rings (SSSR count). The van der Waals surface area contributed by atoms with Crippen LogP contribution in [-0.2, 0) is 4.79 Å². The average molecular weight is 332 g/mol. The summed E-state index contributed by atoms with van der Waals surface area (Å²) in [6.45, 7) is 1.24. The maximum atomic E-state index is 11.8. The van der Waals surface area contributed by atoms with Gasteiger partial charge in [0.2, 0.25) is 11.8 Å². The fourth-order valence-corrected chi connectivity index (χ4v) is 2.18. The zero-order chi connectivity index (χ0) is 16.1. The zero-order valence-electron chi connectivity index (χ0n) is 12.6. The number of anilines is 1. The number of rotatable bonds is 7. The van der Waals surface area contributed by atoms with Gasteiger partial charge >= 0.3 is 0 Å². The van der Waals surface area contributed by atoms with Gasteiger partial charge in [-0.05, 0) is 55.6 Å². The van der Waals surface area contributed by atoms with Crippen molar-refractivity contribution < 1.29 is 9.53 Å². The maximum absolute atomic E-state index is 11.8. The summed E-state index contributed by atoms with van der Waals surface area (Å²) in [5.74, 6) is 1.80. The molecule has 0 radical (unpaired) electrons. The Balaban J connectivity index is 1.47. The number of halogens is 1. The van der Waals surface area contributed by atoms with Crippen molar-refractivity contribution in [3.63, 3.8) is 0 Å². The lowest BCUT2D eigenvalue weighted by Gasteiger charge is -2.08. The lowest BCUT2D eigenvalue weighted by atomic mass is 10.3. The summed E-state index contributed by atoms with van der Waals surface area (Å²) in [5, 5.41) is 6.60. The third kappa shape index (κ3) is 5.23. The molecule has 2 N–H and O–H groups in total. The van der Waals surface area contributed by atoms with E-state index < -0.39 is 0 Å². The molecule has 1 aliphatic rings. The first-order valence-electron chi connectivity index (χ1n) is 7.59. The molecule has 0 spiro atoms. The molecule has 0 atom stereocenters. The summed E-state index contributed by atoms with van der Waals surface area (Å²) in [6, 6.07) is 10.5. The minimum Gasteiger partial charge on any atom is -0.439 e. The topological polar surface area (TPSA) is 63.2 Å². The van der Waals surface area contributed by atoms with E-state index >= 15 is 0 Å². The van der Waals surface area contributed by atoms with Gasteiger partial charge in [-0.25, -0.2) is 4.98 Å². The number of carbonyl (C=O) groups excluding carboxylic acids is 1. The van der Waals surface area contributed by atoms with Gasteiger partial charge in [0.1, 0.15) is 5.75 Å². The molecule has 0 unspecified atom stereocenters. The highest BCUT2D eigenvalue weighted by molar-refractivity contribution is 6.30. The van der Waals surface area contributed by atoms with Gasteiger partial charge in [0.05, 0.1) is 18.4 Å². The molecule has 120 valence electrons. The van der Waals surface area contributed by atoms with Crippen molar-refractivity contribution in [1.82, 2.24) is 10.3 Å². The Morgan fingerprint density at radius 2 is 2.00 bits per heavy atom. The first kappa shape index (κ1) is 15.8. The summed E-state index contributed by atoms with van der Waals surface area (Å²) in [5.41, 5.74) is 0.645. The number of amides is 1. The Kier molecular flexibility index (Phi) is 5.10. The first-order chi connectivity index (χ1) is 11.2. The second-order valence-electron chi connectivity index (χ2n) is 5.56. The van der Waals surface area contributed by atoms with Crippen molar-refractivity contribution >= 4 is 23.2 Å². The predicted octanol–water partition coefficient (Wildman–Crippen LogP) is 3.47. The van der Waals surface area contributed by atoms with Gasteiger partial charge in [-0.1, -0.05) is 11.6 Å². The Morgan fingerprint density at radius 3 is 2.65 bits per heavy atom. The van der Waals surface area contributed by atoms with E-state index in [1.54, 1.807) is 42.6 Å². The van der Waals surface area contributed by atoms with Crippen LogP contribution in [0.5, 0.6) is 11.6 Å². The van der Waals surface area contributed by atoms with Crippen molar-refractivity contribution in [2.24, 2.45) is 5.92 Å². The molecule has 6 heteroatoms. The highest BCUT2D eigenvalue weighted by Gasteiger charge is 2.20. The van der Waals surface area contributed by atoms with E-state index in [0.717, 1.165) is 12.5 Å². The van der Waals surface area contributed by atoms with Crippen LogP contribution in [0.15, 0.2) is 42.6 Å². The third-order valence-electron chi connectivity index (χ3n) is 3.47. The number of carbonyl (C=O) groups is 1. The van der Waals surface area contributed by atoms with Crippen LogP contribution in [-0.4, -0.2) is 24.0 Å². The van der Waals surface area contributed by atoms with Crippen LogP contribution in [0.3, 0.4) is 0 Å². The van der Waals surface area contributed by atoms with Gasteiger partial charge in [0.25, 0.3) is 0 Å². The van der Waals surface area contributed by atoms with Crippen LogP contribution < -0.4 is 15.4 Å². The molecule has 0 aliphatic heterocycles. The van der Waals surface area contributed by atoms with E-state index in [9.17, 15) is 4.79 Å². The normalized spacial score (nSPS) is 13.6. The molecule has 5 nitrogen and oxygen atoms in total. The Bertz CT molecular complexity index is 655. The van der Waals surface area contributed by atoms with Crippen LogP contribution in [0.2, 0.25) is 5.02 Å². The number of benzene rings is 1. The maximum Gasteiger partial charge on any atom is 0.238 e. The van der Waals surface area contributed by atoms with E-state index in [1.165, 1.54) is 12.8 Å². The molecule has 23 heavy (non-hydrogen) atoms. The van der Waals surface area contributed by atoms with E-state index in [1.807, 2.05) is 0 Å². The standard InChI is InChI=1S/C17H18ClN3O2/c18-13-3-6-15(7-4-13)23-17-8-5-14(10-20-17)21-16(22)11-19-9-12-1-2-12/h3-8,10,12,19H,1-2,9,11H2,(H,21,22). The average Bonchev–Trinajstić information content (AvgIpc) is 3.36. The Hall–Kier alpha value is -2.11. The fraction of sp³-hybridized carbons (Fsp3) is 0.294. The summed E-state index contributed by atoms with van der Waals surface area (Å²) in [4.78, 5) is 16.0. The second kappa shape index (κ2) is 7.44. The number of pyridine rings is 1. The minimum absolute atomic E-state index is 0.0705. The number of aromatic nitrogens is 1. The highest BCUT2D eigenvalue weighted by atomic mass is 35.5. The quantitative estimate of drug-likeness (QED) is 0.815. The Morgan fingerprint density at radius 1 is 1.22 bits per heavy atom. The third-order valence-corrected chi connectivity index (χ3v) is 3.72. The predicted molar refractivity (Wildman–Crippen MR) is 90.0 cm³/mol. The first-order valence-corrected chi connectivity index (χ1v) is 7.97. The van der Waals surface area contributed by atoms with Crippen LogP contribution in [0, 0.1) is 5.92 Å². The van der Waals surface area contributed by atoms with Crippen molar-refractivity contribution in [3.8, 4) is 11.6 Å². The molecular formula is C17H18ClN3O2. The van der Waals surface area contributed by atoms with Gasteiger partial charge in [-0.3, -0.25) is 4.79 Å². The molecule has 1 aromatic carbocycles. The van der Waals surface area contributed by atoms with Gasteiger partial charge < -0.3 is 15.4 Å². The SMILES string of the molecule is O=C(CNCC1CC1)Nc1ccc(Oc2ccc(Cl)cc2)nc1. The van der Waals surface area contributed by atoms with Crippen molar-refractivity contribution in [3.05, 3.63) is 47.6 Å². The Labute approximate surface area is 140 Å². The molecule has 1 aromatic heterocycles. The molecule has 1 saturated carbocycles. The number of nitrogens with one attached hydrogen (secondary N) is 2. The zero-order valence-corrected chi connectivity index (χ0v) is 13.3. The number of nitrogens with zero attached hydrogens (tertiary/aromatic N) is 1. The van der Waals surface area contributed by atoms with E-state index in [-0.39, 0.29) is 5.91 Å². The van der Waals surface area contributed by atoms with Crippen LogP contribution in [0.4, 0.5) is 5.69 Å². The molecular weight excluding hydrogens is 314 g/mol. The number of ether oxygens (including phenoxy) is 1. The fourth-order valence-electron chi connectivity index (χ4n) is 2.05. The molecule has 2 aromatic rings. The summed E-state index contributed by atoms with van der Waals surface area (Å²) < 4.78 is 5.60. The number of hydrogen-bond donors (Lipinski definition) is 2. The molecule has 1 amide bonds. The van der Waals surface area contributed by atoms with Crippen molar-refractivity contribution in [2.45, 2.75) is 12.8 Å². The smallest absolute Gasteiger partial charge is 0.238 e. The summed E-state index contributed by atoms with van der Waals surface area (Å²) >= 11 is 5.82. The summed E-state index contributed by atoms with van der Waals surface area (Å²) in [7, 11) is 0. The second-order valence-corrected chi connectivity index (χ2v) is 6.00. The van der Waals surface area contributed by atoms with Gasteiger partial charge in [-0.15, -0.1) is 0 Å².